The number of rotatable bonds is 2. The molecule has 0 N–H and O–H groups in total. The second-order valence-electron chi connectivity index (χ2n) is 5.51. The molecule has 0 spiro atoms. The van der Waals surface area contributed by atoms with Crippen LogP contribution in [-0.4, -0.2) is 22.9 Å². The van der Waals surface area contributed by atoms with Crippen molar-refractivity contribution in [3.8, 4) is 10.6 Å². The second kappa shape index (κ2) is 5.28. The number of hydrogen-bond acceptors (Lipinski definition) is 4. The minimum Gasteiger partial charge on any atom is -0.305 e. The molecule has 0 saturated heterocycles. The van der Waals surface area contributed by atoms with Gasteiger partial charge in [-0.1, -0.05) is 32.1 Å². The maximum Gasteiger partial charge on any atom is 0.232 e. The Hall–Kier alpha value is -1.82. The van der Waals surface area contributed by atoms with Gasteiger partial charge in [-0.2, -0.15) is 0 Å². The van der Waals surface area contributed by atoms with Crippen molar-refractivity contribution in [2.75, 3.05) is 11.9 Å². The maximum absolute atomic E-state index is 13.2. The normalized spacial score (nSPS) is 11.4. The van der Waals surface area contributed by atoms with Crippen LogP contribution in [-0.2, 0) is 4.79 Å². The van der Waals surface area contributed by atoms with Crippen LogP contribution >= 0.6 is 11.3 Å². The molecule has 0 radical (unpaired) electrons. The monoisotopic (exact) mass is 293 g/mol. The van der Waals surface area contributed by atoms with Crippen LogP contribution in [0, 0.1) is 11.2 Å². The molecule has 0 bridgehead atoms. The molecule has 0 aromatic carbocycles. The molecule has 0 aliphatic rings. The van der Waals surface area contributed by atoms with E-state index >= 15 is 0 Å². The fourth-order valence-electron chi connectivity index (χ4n) is 1.69. The van der Waals surface area contributed by atoms with Crippen molar-refractivity contribution < 1.29 is 9.18 Å². The lowest BCUT2D eigenvalue weighted by Crippen LogP contribution is -2.36. The average Bonchev–Trinajstić information content (AvgIpc) is 2.85. The first-order valence-corrected chi connectivity index (χ1v) is 6.95. The molecular formula is C14H16FN3OS. The summed E-state index contributed by atoms with van der Waals surface area (Å²) in [5.74, 6) is -0.400. The standard InChI is InChI=1S/C14H16FN3OS/c1-14(2,3)13(19)18(4)11-8-17-12(20-11)9-5-10(15)7-16-6-9/h5-8H,1-4H3. The minimum atomic E-state index is -0.459. The maximum atomic E-state index is 13.2. The van der Waals surface area contributed by atoms with E-state index in [0.29, 0.717) is 10.6 Å². The molecule has 2 aromatic rings. The molecule has 4 nitrogen and oxygen atoms in total. The number of thiazole rings is 1. The molecule has 2 rings (SSSR count). The zero-order valence-electron chi connectivity index (χ0n) is 11.8. The van der Waals surface area contributed by atoms with Gasteiger partial charge in [-0.15, -0.1) is 0 Å². The van der Waals surface area contributed by atoms with Crippen LogP contribution in [0.2, 0.25) is 0 Å². The molecule has 0 unspecified atom stereocenters. The highest BCUT2D eigenvalue weighted by atomic mass is 32.1. The summed E-state index contributed by atoms with van der Waals surface area (Å²) in [5, 5.41) is 1.37. The van der Waals surface area contributed by atoms with Gasteiger partial charge in [-0.3, -0.25) is 9.78 Å². The molecule has 0 fully saturated rings. The summed E-state index contributed by atoms with van der Waals surface area (Å²) in [5.41, 5.74) is 0.150. The molecule has 20 heavy (non-hydrogen) atoms. The Balaban J connectivity index is 2.28. The SMILES string of the molecule is CN(C(=O)C(C)(C)C)c1cnc(-c2cncc(F)c2)s1. The van der Waals surface area contributed by atoms with Gasteiger partial charge in [0.15, 0.2) is 0 Å². The van der Waals surface area contributed by atoms with Crippen molar-refractivity contribution in [1.82, 2.24) is 9.97 Å². The van der Waals surface area contributed by atoms with Crippen molar-refractivity contribution in [1.29, 1.82) is 0 Å². The molecule has 106 valence electrons. The van der Waals surface area contributed by atoms with E-state index in [1.54, 1.807) is 24.3 Å². The van der Waals surface area contributed by atoms with Gasteiger partial charge in [0.2, 0.25) is 5.91 Å². The third kappa shape index (κ3) is 3.01. The van der Waals surface area contributed by atoms with Gasteiger partial charge in [0.05, 0.1) is 12.4 Å². The van der Waals surface area contributed by atoms with Crippen molar-refractivity contribution in [3.05, 3.63) is 30.5 Å². The van der Waals surface area contributed by atoms with Gasteiger partial charge >= 0.3 is 0 Å². The molecule has 2 heterocycles. The molecule has 0 atom stereocenters. The largest absolute Gasteiger partial charge is 0.305 e. The molecule has 2 aromatic heterocycles. The quantitative estimate of drug-likeness (QED) is 0.853. The third-order valence-electron chi connectivity index (χ3n) is 2.72. The number of anilines is 1. The predicted octanol–water partition coefficient (Wildman–Crippen LogP) is 3.35. The minimum absolute atomic E-state index is 0.00469. The lowest BCUT2D eigenvalue weighted by molar-refractivity contribution is -0.125. The van der Waals surface area contributed by atoms with E-state index in [9.17, 15) is 9.18 Å². The van der Waals surface area contributed by atoms with Crippen LogP contribution in [0.5, 0.6) is 0 Å². The Morgan fingerprint density at radius 1 is 1.30 bits per heavy atom. The summed E-state index contributed by atoms with van der Waals surface area (Å²) in [7, 11) is 1.72. The fraction of sp³-hybridized carbons (Fsp3) is 0.357. The summed E-state index contributed by atoms with van der Waals surface area (Å²) in [6.07, 6.45) is 4.32. The van der Waals surface area contributed by atoms with E-state index in [1.807, 2.05) is 20.8 Å². The van der Waals surface area contributed by atoms with Crippen molar-refractivity contribution in [2.45, 2.75) is 20.8 Å². The topological polar surface area (TPSA) is 46.1 Å². The highest BCUT2D eigenvalue weighted by molar-refractivity contribution is 7.19. The Labute approximate surface area is 121 Å². The Bertz CT molecular complexity index is 633. The van der Waals surface area contributed by atoms with Gasteiger partial charge in [0.1, 0.15) is 15.8 Å². The van der Waals surface area contributed by atoms with Crippen LogP contribution in [0.4, 0.5) is 9.39 Å². The zero-order chi connectivity index (χ0) is 14.9. The smallest absolute Gasteiger partial charge is 0.232 e. The third-order valence-corrected chi connectivity index (χ3v) is 3.84. The van der Waals surface area contributed by atoms with Crippen molar-refractivity contribution >= 4 is 22.2 Å². The number of carbonyl (C=O) groups is 1. The van der Waals surface area contributed by atoms with Gasteiger partial charge in [-0.05, 0) is 6.07 Å². The molecule has 0 saturated carbocycles. The van der Waals surface area contributed by atoms with Gasteiger partial charge in [-0.25, -0.2) is 9.37 Å². The van der Waals surface area contributed by atoms with E-state index in [2.05, 4.69) is 9.97 Å². The Morgan fingerprint density at radius 3 is 2.60 bits per heavy atom. The summed E-state index contributed by atoms with van der Waals surface area (Å²) in [6, 6.07) is 1.38. The number of aromatic nitrogens is 2. The van der Waals surface area contributed by atoms with Crippen molar-refractivity contribution in [3.63, 3.8) is 0 Å². The van der Waals surface area contributed by atoms with Crippen molar-refractivity contribution in [2.24, 2.45) is 5.41 Å². The first kappa shape index (κ1) is 14.6. The van der Waals surface area contributed by atoms with Gasteiger partial charge < -0.3 is 4.90 Å². The van der Waals surface area contributed by atoms with Crippen LogP contribution in [0.15, 0.2) is 24.7 Å². The zero-order valence-corrected chi connectivity index (χ0v) is 12.7. The summed E-state index contributed by atoms with van der Waals surface area (Å²) in [6.45, 7) is 5.60. The van der Waals surface area contributed by atoms with Crippen LogP contribution < -0.4 is 4.90 Å². The molecule has 0 aliphatic heterocycles. The Kier molecular flexibility index (Phi) is 3.85. The fourth-order valence-corrected chi connectivity index (χ4v) is 2.54. The number of amides is 1. The summed E-state index contributed by atoms with van der Waals surface area (Å²) < 4.78 is 13.2. The van der Waals surface area contributed by atoms with Gasteiger partial charge in [0, 0.05) is 24.2 Å². The highest BCUT2D eigenvalue weighted by Gasteiger charge is 2.26. The summed E-state index contributed by atoms with van der Waals surface area (Å²) in [4.78, 5) is 21.8. The molecular weight excluding hydrogens is 277 g/mol. The van der Waals surface area contributed by atoms with E-state index in [0.717, 1.165) is 11.2 Å². The number of nitrogens with zero attached hydrogens (tertiary/aromatic N) is 3. The van der Waals surface area contributed by atoms with E-state index in [4.69, 9.17) is 0 Å². The number of carbonyl (C=O) groups excluding carboxylic acids is 1. The molecule has 1 amide bonds. The lowest BCUT2D eigenvalue weighted by Gasteiger charge is -2.24. The number of hydrogen-bond donors (Lipinski definition) is 0. The van der Waals surface area contributed by atoms with Crippen LogP contribution in [0.25, 0.3) is 10.6 Å². The average molecular weight is 293 g/mol. The first-order chi connectivity index (χ1) is 9.29. The first-order valence-electron chi connectivity index (χ1n) is 6.14. The number of halogens is 1. The Morgan fingerprint density at radius 2 is 2.00 bits per heavy atom. The van der Waals surface area contributed by atoms with Crippen LogP contribution in [0.1, 0.15) is 20.8 Å². The molecule has 6 heteroatoms. The number of pyridine rings is 1. The van der Waals surface area contributed by atoms with E-state index < -0.39 is 11.2 Å². The van der Waals surface area contributed by atoms with Crippen LogP contribution in [0.3, 0.4) is 0 Å². The van der Waals surface area contributed by atoms with Gasteiger partial charge in [0.25, 0.3) is 0 Å². The van der Waals surface area contributed by atoms with E-state index in [-0.39, 0.29) is 5.91 Å². The predicted molar refractivity (Wildman–Crippen MR) is 78.2 cm³/mol. The lowest BCUT2D eigenvalue weighted by atomic mass is 9.95. The highest BCUT2D eigenvalue weighted by Crippen LogP contribution is 2.32. The van der Waals surface area contributed by atoms with E-state index in [1.165, 1.54) is 17.4 Å². The second-order valence-corrected chi connectivity index (χ2v) is 6.52. The summed E-state index contributed by atoms with van der Waals surface area (Å²) >= 11 is 1.33. The molecule has 0 aliphatic carbocycles.